The Morgan fingerprint density at radius 3 is 2.05 bits per heavy atom. The summed E-state index contributed by atoms with van der Waals surface area (Å²) in [5.41, 5.74) is 6.86. The van der Waals surface area contributed by atoms with E-state index < -0.39 is 11.9 Å². The third kappa shape index (κ3) is 3.55. The minimum atomic E-state index is -0.464. The Balaban J connectivity index is 2.44. The van der Waals surface area contributed by atoms with Gasteiger partial charge in [-0.2, -0.15) is 0 Å². The number of carbonyl (C=O) groups excluding carboxylic acids is 2. The molecule has 2 N–H and O–H groups in total. The molecule has 0 bridgehead atoms. The summed E-state index contributed by atoms with van der Waals surface area (Å²) in [6, 6.07) is 4.72. The third-order valence-corrected chi connectivity index (χ3v) is 2.89. The first kappa shape index (κ1) is 14.0. The summed E-state index contributed by atoms with van der Waals surface area (Å²) in [5.74, 6) is -0.377. The molecule has 0 aliphatic rings. The second-order valence-corrected chi connectivity index (χ2v) is 4.84. The van der Waals surface area contributed by atoms with Gasteiger partial charge in [-0.1, -0.05) is 0 Å². The zero-order valence-corrected chi connectivity index (χ0v) is 11.7. The van der Waals surface area contributed by atoms with Crippen LogP contribution < -0.4 is 15.2 Å². The SMILES string of the molecule is CC(=O)Oc1cc(OC(C)=O)cc(-c2csc(N)n2)c1. The molecule has 2 rings (SSSR count). The number of anilines is 1. The van der Waals surface area contributed by atoms with Gasteiger partial charge in [0.2, 0.25) is 0 Å². The first-order valence-corrected chi connectivity index (χ1v) is 6.55. The summed E-state index contributed by atoms with van der Waals surface area (Å²) in [6.45, 7) is 2.58. The summed E-state index contributed by atoms with van der Waals surface area (Å²) in [4.78, 5) is 26.2. The molecule has 0 aliphatic carbocycles. The number of nitrogens with two attached hydrogens (primary N) is 1. The van der Waals surface area contributed by atoms with Crippen molar-refractivity contribution in [1.82, 2.24) is 4.98 Å². The average molecular weight is 292 g/mol. The standard InChI is InChI=1S/C13H12N2O4S/c1-7(16)18-10-3-9(12-6-20-13(14)15-12)4-11(5-10)19-8(2)17/h3-6H,1-2H3,(H2,14,15). The highest BCUT2D eigenvalue weighted by molar-refractivity contribution is 7.13. The maximum Gasteiger partial charge on any atom is 0.308 e. The maximum atomic E-state index is 11.0. The minimum absolute atomic E-state index is 0.276. The van der Waals surface area contributed by atoms with Crippen molar-refractivity contribution in [3.63, 3.8) is 0 Å². The lowest BCUT2D eigenvalue weighted by molar-refractivity contribution is -0.132. The summed E-state index contributed by atoms with van der Waals surface area (Å²) in [7, 11) is 0. The molecule has 7 heteroatoms. The van der Waals surface area contributed by atoms with E-state index >= 15 is 0 Å². The number of thiazole rings is 1. The molecular formula is C13H12N2O4S. The Hall–Kier alpha value is -2.41. The number of hydrogen-bond acceptors (Lipinski definition) is 7. The molecule has 0 saturated heterocycles. The van der Waals surface area contributed by atoms with Crippen LogP contribution in [-0.2, 0) is 9.59 Å². The van der Waals surface area contributed by atoms with Crippen molar-refractivity contribution in [3.8, 4) is 22.8 Å². The fourth-order valence-corrected chi connectivity index (χ4v) is 2.16. The van der Waals surface area contributed by atoms with E-state index in [1.807, 2.05) is 0 Å². The zero-order chi connectivity index (χ0) is 14.7. The van der Waals surface area contributed by atoms with Crippen molar-refractivity contribution in [2.75, 3.05) is 5.73 Å². The van der Waals surface area contributed by atoms with Gasteiger partial charge in [0.1, 0.15) is 11.5 Å². The molecule has 20 heavy (non-hydrogen) atoms. The van der Waals surface area contributed by atoms with Gasteiger partial charge in [0.15, 0.2) is 5.13 Å². The summed E-state index contributed by atoms with van der Waals surface area (Å²) < 4.78 is 10.0. The van der Waals surface area contributed by atoms with E-state index in [-0.39, 0.29) is 11.5 Å². The van der Waals surface area contributed by atoms with Crippen molar-refractivity contribution >= 4 is 28.4 Å². The largest absolute Gasteiger partial charge is 0.427 e. The molecule has 2 aromatic rings. The van der Waals surface area contributed by atoms with Gasteiger partial charge in [0.05, 0.1) is 5.69 Å². The van der Waals surface area contributed by atoms with Gasteiger partial charge >= 0.3 is 11.9 Å². The highest BCUT2D eigenvalue weighted by atomic mass is 32.1. The highest BCUT2D eigenvalue weighted by Crippen LogP contribution is 2.31. The zero-order valence-electron chi connectivity index (χ0n) is 10.9. The second kappa shape index (κ2) is 5.70. The van der Waals surface area contributed by atoms with Crippen molar-refractivity contribution < 1.29 is 19.1 Å². The van der Waals surface area contributed by atoms with Crippen molar-refractivity contribution in [2.45, 2.75) is 13.8 Å². The van der Waals surface area contributed by atoms with Crippen molar-refractivity contribution in [2.24, 2.45) is 0 Å². The molecule has 1 aromatic carbocycles. The van der Waals surface area contributed by atoms with Crippen LogP contribution >= 0.6 is 11.3 Å². The van der Waals surface area contributed by atoms with Crippen LogP contribution in [0.4, 0.5) is 5.13 Å². The summed E-state index contributed by atoms with van der Waals surface area (Å²) in [5, 5.41) is 2.19. The van der Waals surface area contributed by atoms with Crippen LogP contribution in [0.25, 0.3) is 11.3 Å². The maximum absolute atomic E-state index is 11.0. The molecule has 0 atom stereocenters. The van der Waals surface area contributed by atoms with E-state index in [4.69, 9.17) is 15.2 Å². The number of carbonyl (C=O) groups is 2. The number of rotatable bonds is 3. The van der Waals surface area contributed by atoms with E-state index in [0.717, 1.165) is 0 Å². The fraction of sp³-hybridized carbons (Fsp3) is 0.154. The van der Waals surface area contributed by atoms with Gasteiger partial charge < -0.3 is 15.2 Å². The first-order valence-electron chi connectivity index (χ1n) is 5.67. The monoisotopic (exact) mass is 292 g/mol. The number of nitrogens with zero attached hydrogens (tertiary/aromatic N) is 1. The average Bonchev–Trinajstić information content (AvgIpc) is 2.73. The predicted octanol–water partition coefficient (Wildman–Crippen LogP) is 2.24. The van der Waals surface area contributed by atoms with E-state index in [1.54, 1.807) is 17.5 Å². The Kier molecular flexibility index (Phi) is 3.99. The Morgan fingerprint density at radius 1 is 1.10 bits per heavy atom. The molecule has 0 radical (unpaired) electrons. The van der Waals surface area contributed by atoms with Gasteiger partial charge in [-0.3, -0.25) is 9.59 Å². The van der Waals surface area contributed by atoms with Crippen molar-refractivity contribution in [3.05, 3.63) is 23.6 Å². The third-order valence-electron chi connectivity index (χ3n) is 2.22. The van der Waals surface area contributed by atoms with Gasteiger partial charge in [0.25, 0.3) is 0 Å². The van der Waals surface area contributed by atoms with Gasteiger partial charge in [-0.25, -0.2) is 4.98 Å². The van der Waals surface area contributed by atoms with E-state index in [2.05, 4.69) is 4.98 Å². The second-order valence-electron chi connectivity index (χ2n) is 3.95. The molecule has 0 unspecified atom stereocenters. The van der Waals surface area contributed by atoms with Crippen LogP contribution in [0.2, 0.25) is 0 Å². The lowest BCUT2D eigenvalue weighted by atomic mass is 10.1. The number of esters is 2. The number of benzene rings is 1. The first-order chi connectivity index (χ1) is 9.44. The molecule has 0 aliphatic heterocycles. The molecule has 0 spiro atoms. The molecule has 6 nitrogen and oxygen atoms in total. The van der Waals surface area contributed by atoms with Crippen LogP contribution in [-0.4, -0.2) is 16.9 Å². The lowest BCUT2D eigenvalue weighted by Crippen LogP contribution is -2.04. The molecule has 0 amide bonds. The smallest absolute Gasteiger partial charge is 0.308 e. The summed E-state index contributed by atoms with van der Waals surface area (Å²) >= 11 is 1.29. The number of hydrogen-bond donors (Lipinski definition) is 1. The fourth-order valence-electron chi connectivity index (χ4n) is 1.59. The summed E-state index contributed by atoms with van der Waals surface area (Å²) in [6.07, 6.45) is 0. The molecule has 0 saturated carbocycles. The normalized spacial score (nSPS) is 10.1. The number of nitrogen functional groups attached to an aromatic ring is 1. The van der Waals surface area contributed by atoms with Gasteiger partial charge in [-0.05, 0) is 12.1 Å². The topological polar surface area (TPSA) is 91.5 Å². The lowest BCUT2D eigenvalue weighted by Gasteiger charge is -2.08. The Labute approximate surface area is 119 Å². The van der Waals surface area contributed by atoms with Gasteiger partial charge in [-0.15, -0.1) is 11.3 Å². The van der Waals surface area contributed by atoms with E-state index in [9.17, 15) is 9.59 Å². The molecule has 104 valence electrons. The molecule has 0 fully saturated rings. The van der Waals surface area contributed by atoms with Crippen LogP contribution in [0.5, 0.6) is 11.5 Å². The van der Waals surface area contributed by atoms with E-state index in [1.165, 1.54) is 31.3 Å². The van der Waals surface area contributed by atoms with E-state index in [0.29, 0.717) is 16.4 Å². The predicted molar refractivity (Wildman–Crippen MR) is 74.6 cm³/mol. The van der Waals surface area contributed by atoms with Crippen LogP contribution in [0.15, 0.2) is 23.6 Å². The Bertz CT molecular complexity index is 632. The number of ether oxygens (including phenoxy) is 2. The number of aromatic nitrogens is 1. The Morgan fingerprint density at radius 2 is 1.65 bits per heavy atom. The van der Waals surface area contributed by atoms with Gasteiger partial charge in [0, 0.05) is 30.9 Å². The molecule has 1 aromatic heterocycles. The van der Waals surface area contributed by atoms with Crippen LogP contribution in [0.3, 0.4) is 0 Å². The highest BCUT2D eigenvalue weighted by Gasteiger charge is 2.10. The minimum Gasteiger partial charge on any atom is -0.427 e. The van der Waals surface area contributed by atoms with Crippen molar-refractivity contribution in [1.29, 1.82) is 0 Å². The molecule has 1 heterocycles. The van der Waals surface area contributed by atoms with Crippen LogP contribution in [0, 0.1) is 0 Å². The quantitative estimate of drug-likeness (QED) is 0.689. The molecular weight excluding hydrogens is 280 g/mol. The van der Waals surface area contributed by atoms with Crippen LogP contribution in [0.1, 0.15) is 13.8 Å².